The number of para-hydroxylation sites is 2. The van der Waals surface area contributed by atoms with E-state index in [2.05, 4.69) is 0 Å². The molecular formula is C37H37N5O7. The molecule has 3 heterocycles. The number of esters is 2. The van der Waals surface area contributed by atoms with E-state index in [0.717, 1.165) is 9.95 Å². The van der Waals surface area contributed by atoms with Crippen LogP contribution in [0.2, 0.25) is 0 Å². The largest absolute Gasteiger partial charge is 0.496 e. The van der Waals surface area contributed by atoms with E-state index in [0.29, 0.717) is 16.8 Å². The highest BCUT2D eigenvalue weighted by molar-refractivity contribution is 6.07. The van der Waals surface area contributed by atoms with Gasteiger partial charge in [-0.2, -0.15) is 5.26 Å². The number of ether oxygens (including phenoxy) is 3. The Morgan fingerprint density at radius 1 is 0.959 bits per heavy atom. The summed E-state index contributed by atoms with van der Waals surface area (Å²) in [6, 6.07) is 19.9. The van der Waals surface area contributed by atoms with Crippen molar-refractivity contribution in [2.24, 2.45) is 0 Å². The molecule has 0 saturated heterocycles. The number of aromatic nitrogens is 4. The molecule has 5 rings (SSSR count). The Bertz CT molecular complexity index is 2240. The first-order valence-electron chi connectivity index (χ1n) is 15.8. The van der Waals surface area contributed by atoms with Crippen molar-refractivity contribution in [3.8, 4) is 23.1 Å². The summed E-state index contributed by atoms with van der Waals surface area (Å²) in [5.41, 5.74) is -0.777. The van der Waals surface area contributed by atoms with Gasteiger partial charge in [-0.05, 0) is 44.9 Å². The summed E-state index contributed by atoms with van der Waals surface area (Å²) >= 11 is 0. The van der Waals surface area contributed by atoms with E-state index in [-0.39, 0.29) is 59.0 Å². The Morgan fingerprint density at radius 2 is 1.67 bits per heavy atom. The van der Waals surface area contributed by atoms with Gasteiger partial charge in [0.2, 0.25) is 0 Å². The molecule has 0 aliphatic carbocycles. The highest BCUT2D eigenvalue weighted by Gasteiger charge is 2.31. The maximum Gasteiger partial charge on any atom is 0.340 e. The van der Waals surface area contributed by atoms with Gasteiger partial charge in [-0.3, -0.25) is 14.2 Å². The Hall–Kier alpha value is -5.83. The van der Waals surface area contributed by atoms with Crippen LogP contribution < -0.4 is 16.0 Å². The first kappa shape index (κ1) is 34.5. The maximum absolute atomic E-state index is 14.6. The summed E-state index contributed by atoms with van der Waals surface area (Å²) in [4.78, 5) is 65.6. The average Bonchev–Trinajstić information content (AvgIpc) is 3.06. The molecule has 0 saturated carbocycles. The third-order valence-electron chi connectivity index (χ3n) is 7.66. The number of nitriles is 1. The normalized spacial score (nSPS) is 11.5. The van der Waals surface area contributed by atoms with E-state index in [1.165, 1.54) is 11.7 Å². The van der Waals surface area contributed by atoms with Crippen LogP contribution in [0.3, 0.4) is 0 Å². The second-order valence-corrected chi connectivity index (χ2v) is 12.7. The molecule has 3 aromatic heterocycles. The standard InChI is InChI=1S/C37H37N5O7/c1-22(2)32-30(35(45)48-19-11-18-38)29(26-17-16-23-12-7-9-14-25(23)39-26)31-33(40-32)41(20-24-13-8-10-15-27(24)47-6)36(46)42(34(31)44)21-28(43)49-37(3,4)5/h7-10,12-17,22H,11,19-21H2,1-6H3. The molecule has 12 heteroatoms. The van der Waals surface area contributed by atoms with E-state index in [4.69, 9.17) is 29.4 Å². The van der Waals surface area contributed by atoms with E-state index >= 15 is 0 Å². The molecule has 0 aliphatic heterocycles. The van der Waals surface area contributed by atoms with Gasteiger partial charge in [0.1, 0.15) is 24.5 Å². The molecule has 5 aromatic rings. The van der Waals surface area contributed by atoms with Crippen LogP contribution in [0.15, 0.2) is 70.3 Å². The zero-order chi connectivity index (χ0) is 35.5. The third-order valence-corrected chi connectivity index (χ3v) is 7.66. The van der Waals surface area contributed by atoms with Gasteiger partial charge in [-0.25, -0.2) is 24.1 Å². The topological polar surface area (TPSA) is 155 Å². The molecule has 0 bridgehead atoms. The minimum atomic E-state index is -0.887. The minimum Gasteiger partial charge on any atom is -0.496 e. The number of hydrogen-bond acceptors (Lipinski definition) is 10. The molecule has 0 N–H and O–H groups in total. The summed E-state index contributed by atoms with van der Waals surface area (Å²) in [6.07, 6.45) is -0.0472. The lowest BCUT2D eigenvalue weighted by molar-refractivity contribution is -0.155. The summed E-state index contributed by atoms with van der Waals surface area (Å²) in [5.74, 6) is -1.51. The predicted molar refractivity (Wildman–Crippen MR) is 184 cm³/mol. The Labute approximate surface area is 282 Å². The second-order valence-electron chi connectivity index (χ2n) is 12.7. The van der Waals surface area contributed by atoms with Gasteiger partial charge < -0.3 is 14.2 Å². The van der Waals surface area contributed by atoms with Gasteiger partial charge in [0, 0.05) is 16.5 Å². The Morgan fingerprint density at radius 3 is 2.37 bits per heavy atom. The molecule has 0 unspecified atom stereocenters. The van der Waals surface area contributed by atoms with Crippen LogP contribution in [0, 0.1) is 11.3 Å². The van der Waals surface area contributed by atoms with E-state index < -0.39 is 35.3 Å². The molecular weight excluding hydrogens is 626 g/mol. The number of carbonyl (C=O) groups excluding carboxylic acids is 2. The number of methoxy groups -OCH3 is 1. The SMILES string of the molecule is COc1ccccc1Cn1c(=O)n(CC(=O)OC(C)(C)C)c(=O)c2c(-c3ccc4ccccc4n3)c(C(=O)OCCC#N)c(C(C)C)nc21. The van der Waals surface area contributed by atoms with Crippen LogP contribution in [0.4, 0.5) is 0 Å². The molecule has 0 spiro atoms. The highest BCUT2D eigenvalue weighted by atomic mass is 16.6. The molecule has 12 nitrogen and oxygen atoms in total. The van der Waals surface area contributed by atoms with E-state index in [1.807, 2.05) is 44.2 Å². The summed E-state index contributed by atoms with van der Waals surface area (Å²) < 4.78 is 18.7. The molecule has 0 radical (unpaired) electrons. The van der Waals surface area contributed by atoms with Crippen molar-refractivity contribution in [1.82, 2.24) is 19.1 Å². The lowest BCUT2D eigenvalue weighted by atomic mass is 9.94. The molecule has 49 heavy (non-hydrogen) atoms. The van der Waals surface area contributed by atoms with Crippen molar-refractivity contribution in [2.45, 2.75) is 65.6 Å². The van der Waals surface area contributed by atoms with Crippen LogP contribution in [-0.2, 0) is 27.4 Å². The Balaban J connectivity index is 1.96. The fourth-order valence-corrected chi connectivity index (χ4v) is 5.58. The zero-order valence-corrected chi connectivity index (χ0v) is 28.3. The van der Waals surface area contributed by atoms with Crippen LogP contribution >= 0.6 is 0 Å². The maximum atomic E-state index is 14.6. The molecule has 0 amide bonds. The number of pyridine rings is 2. The van der Waals surface area contributed by atoms with Crippen molar-refractivity contribution in [2.75, 3.05) is 13.7 Å². The van der Waals surface area contributed by atoms with Crippen LogP contribution in [-0.4, -0.2) is 50.4 Å². The van der Waals surface area contributed by atoms with Gasteiger partial charge in [0.15, 0.2) is 5.65 Å². The number of carbonyl (C=O) groups is 2. The van der Waals surface area contributed by atoms with Gasteiger partial charge in [0.25, 0.3) is 5.56 Å². The fourth-order valence-electron chi connectivity index (χ4n) is 5.58. The van der Waals surface area contributed by atoms with Crippen LogP contribution in [0.25, 0.3) is 33.2 Å². The lowest BCUT2D eigenvalue weighted by Crippen LogP contribution is -2.43. The van der Waals surface area contributed by atoms with Crippen LogP contribution in [0.1, 0.15) is 68.6 Å². The number of rotatable bonds is 10. The van der Waals surface area contributed by atoms with Crippen molar-refractivity contribution in [1.29, 1.82) is 5.26 Å². The second kappa shape index (κ2) is 14.1. The average molecular weight is 664 g/mol. The molecule has 0 fully saturated rings. The lowest BCUT2D eigenvalue weighted by Gasteiger charge is -2.22. The van der Waals surface area contributed by atoms with Crippen molar-refractivity contribution in [3.63, 3.8) is 0 Å². The molecule has 0 atom stereocenters. The third kappa shape index (κ3) is 7.21. The number of hydrogen-bond donors (Lipinski definition) is 0. The minimum absolute atomic E-state index is 0.0106. The Kier molecular flexibility index (Phi) is 9.94. The van der Waals surface area contributed by atoms with Gasteiger partial charge in [-0.15, -0.1) is 0 Å². The number of fused-ring (bicyclic) bond motifs is 2. The highest BCUT2D eigenvalue weighted by Crippen LogP contribution is 2.35. The van der Waals surface area contributed by atoms with Crippen molar-refractivity contribution >= 4 is 33.9 Å². The van der Waals surface area contributed by atoms with Crippen molar-refractivity contribution < 1.29 is 23.8 Å². The quantitative estimate of drug-likeness (QED) is 0.141. The molecule has 2 aromatic carbocycles. The van der Waals surface area contributed by atoms with Crippen LogP contribution in [0.5, 0.6) is 5.75 Å². The number of benzene rings is 2. The fraction of sp³-hybridized carbons (Fsp3) is 0.324. The van der Waals surface area contributed by atoms with Gasteiger partial charge in [-0.1, -0.05) is 56.3 Å². The summed E-state index contributed by atoms with van der Waals surface area (Å²) in [6.45, 7) is 7.71. The molecule has 0 aliphatic rings. The van der Waals surface area contributed by atoms with Gasteiger partial charge >= 0.3 is 17.6 Å². The van der Waals surface area contributed by atoms with E-state index in [1.54, 1.807) is 57.2 Å². The van der Waals surface area contributed by atoms with E-state index in [9.17, 15) is 19.2 Å². The smallest absolute Gasteiger partial charge is 0.340 e. The van der Waals surface area contributed by atoms with Gasteiger partial charge in [0.05, 0.1) is 54.0 Å². The first-order chi connectivity index (χ1) is 23.3. The summed E-state index contributed by atoms with van der Waals surface area (Å²) in [7, 11) is 1.51. The van der Waals surface area contributed by atoms with Crippen molar-refractivity contribution in [3.05, 3.63) is 98.3 Å². The number of nitrogens with zero attached hydrogens (tertiary/aromatic N) is 5. The molecule has 252 valence electrons. The summed E-state index contributed by atoms with van der Waals surface area (Å²) in [5, 5.41) is 9.81. The monoisotopic (exact) mass is 663 g/mol. The first-order valence-corrected chi connectivity index (χ1v) is 15.8. The predicted octanol–water partition coefficient (Wildman–Crippen LogP) is 5.37. The zero-order valence-electron chi connectivity index (χ0n) is 28.3.